The minimum absolute atomic E-state index is 0.00898. The fourth-order valence-corrected chi connectivity index (χ4v) is 3.75. The lowest BCUT2D eigenvalue weighted by Crippen LogP contribution is -2.50. The van der Waals surface area contributed by atoms with E-state index in [1.807, 2.05) is 6.08 Å². The Morgan fingerprint density at radius 1 is 1.29 bits per heavy atom. The normalized spacial score (nSPS) is 32.2. The van der Waals surface area contributed by atoms with E-state index in [-0.39, 0.29) is 35.6 Å². The third kappa shape index (κ3) is 4.13. The molecule has 2 rings (SSSR count). The summed E-state index contributed by atoms with van der Waals surface area (Å²) in [6.45, 7) is 9.33. The average Bonchev–Trinajstić information content (AvgIpc) is 2.54. The van der Waals surface area contributed by atoms with Gasteiger partial charge in [-0.1, -0.05) is 25.2 Å². The van der Waals surface area contributed by atoms with Crippen molar-refractivity contribution in [1.82, 2.24) is 0 Å². The molecule has 0 aromatic rings. The molecule has 0 N–H and O–H groups in total. The van der Waals surface area contributed by atoms with Crippen molar-refractivity contribution in [3.8, 4) is 0 Å². The molecular formula is C19H26O5. The van der Waals surface area contributed by atoms with Crippen molar-refractivity contribution in [1.29, 1.82) is 0 Å². The second-order valence-corrected chi connectivity index (χ2v) is 7.19. The highest BCUT2D eigenvalue weighted by atomic mass is 16.5. The molecule has 0 radical (unpaired) electrons. The van der Waals surface area contributed by atoms with E-state index in [4.69, 9.17) is 9.47 Å². The fourth-order valence-electron chi connectivity index (χ4n) is 3.75. The van der Waals surface area contributed by atoms with Crippen LogP contribution in [0.2, 0.25) is 0 Å². The Balaban J connectivity index is 2.13. The van der Waals surface area contributed by atoms with E-state index >= 15 is 0 Å². The molecular weight excluding hydrogens is 308 g/mol. The number of ether oxygens (including phenoxy) is 2. The number of allylic oxidation sites excluding steroid dienone is 2. The summed E-state index contributed by atoms with van der Waals surface area (Å²) in [7, 11) is 0. The average molecular weight is 334 g/mol. The van der Waals surface area contributed by atoms with Gasteiger partial charge in [0.05, 0.1) is 6.61 Å². The molecule has 0 saturated heterocycles. The summed E-state index contributed by atoms with van der Waals surface area (Å²) < 4.78 is 10.2. The molecule has 0 amide bonds. The van der Waals surface area contributed by atoms with Crippen molar-refractivity contribution in [3.05, 3.63) is 23.8 Å². The van der Waals surface area contributed by atoms with Crippen LogP contribution in [0.25, 0.3) is 0 Å². The first-order valence-electron chi connectivity index (χ1n) is 8.39. The molecule has 0 bridgehead atoms. The van der Waals surface area contributed by atoms with Crippen LogP contribution in [0.1, 0.15) is 46.5 Å². The molecule has 5 nitrogen and oxygen atoms in total. The predicted molar refractivity (Wildman–Crippen MR) is 89.1 cm³/mol. The molecule has 1 fully saturated rings. The third-order valence-electron chi connectivity index (χ3n) is 5.25. The highest BCUT2D eigenvalue weighted by Gasteiger charge is 2.52. The van der Waals surface area contributed by atoms with Crippen LogP contribution in [0.4, 0.5) is 0 Å². The van der Waals surface area contributed by atoms with Gasteiger partial charge in [0.25, 0.3) is 0 Å². The highest BCUT2D eigenvalue weighted by Crippen LogP contribution is 2.56. The quantitative estimate of drug-likeness (QED) is 0.584. The lowest BCUT2D eigenvalue weighted by atomic mass is 9.51. The van der Waals surface area contributed by atoms with Crippen molar-refractivity contribution in [2.75, 3.05) is 13.2 Å². The first-order valence-corrected chi connectivity index (χ1v) is 8.39. The van der Waals surface area contributed by atoms with Gasteiger partial charge in [0.2, 0.25) is 0 Å². The number of hydrogen-bond donors (Lipinski definition) is 0. The Morgan fingerprint density at radius 2 is 1.96 bits per heavy atom. The smallest absolute Gasteiger partial charge is 0.302 e. The number of rotatable bonds is 4. The molecule has 0 aromatic carbocycles. The van der Waals surface area contributed by atoms with Crippen LogP contribution in [0.15, 0.2) is 23.8 Å². The van der Waals surface area contributed by atoms with Crippen LogP contribution in [0, 0.1) is 17.3 Å². The zero-order valence-electron chi connectivity index (χ0n) is 14.7. The number of Topliss-reactive ketones (excluding diaryl/α,β-unsaturated/α-hetero) is 1. The summed E-state index contributed by atoms with van der Waals surface area (Å²) in [5.74, 6) is -0.293. The first-order chi connectivity index (χ1) is 11.2. The van der Waals surface area contributed by atoms with Crippen molar-refractivity contribution in [2.45, 2.75) is 46.5 Å². The minimum Gasteiger partial charge on any atom is -0.465 e. The molecule has 2 aliphatic rings. The molecule has 5 heteroatoms. The van der Waals surface area contributed by atoms with Crippen molar-refractivity contribution in [2.24, 2.45) is 17.3 Å². The SMILES string of the molecule is C=C1CC/C=C(/COC(C)=O)C(=O)CC2[C@@H]1C[C@]2(C)COC(C)=O. The van der Waals surface area contributed by atoms with E-state index in [0.717, 1.165) is 24.8 Å². The van der Waals surface area contributed by atoms with E-state index in [2.05, 4.69) is 13.5 Å². The van der Waals surface area contributed by atoms with E-state index in [1.165, 1.54) is 13.8 Å². The van der Waals surface area contributed by atoms with Gasteiger partial charge in [-0.3, -0.25) is 14.4 Å². The summed E-state index contributed by atoms with van der Waals surface area (Å²) in [5.41, 5.74) is 1.50. The van der Waals surface area contributed by atoms with Gasteiger partial charge >= 0.3 is 11.9 Å². The van der Waals surface area contributed by atoms with Crippen LogP contribution in [-0.2, 0) is 23.9 Å². The molecule has 1 saturated carbocycles. The van der Waals surface area contributed by atoms with Gasteiger partial charge in [-0.25, -0.2) is 0 Å². The summed E-state index contributed by atoms with van der Waals surface area (Å²) in [6.07, 6.45) is 4.67. The Bertz CT molecular complexity index is 589. The first kappa shape index (κ1) is 18.4. The number of carbonyl (C=O) groups excluding carboxylic acids is 3. The maximum atomic E-state index is 12.7. The van der Waals surface area contributed by atoms with Crippen molar-refractivity contribution >= 4 is 17.7 Å². The third-order valence-corrected chi connectivity index (χ3v) is 5.25. The molecule has 132 valence electrons. The van der Waals surface area contributed by atoms with E-state index in [0.29, 0.717) is 18.6 Å². The van der Waals surface area contributed by atoms with Gasteiger partial charge in [0.1, 0.15) is 6.61 Å². The van der Waals surface area contributed by atoms with Gasteiger partial charge in [-0.15, -0.1) is 0 Å². The van der Waals surface area contributed by atoms with Crippen LogP contribution in [0.3, 0.4) is 0 Å². The summed E-state index contributed by atoms with van der Waals surface area (Å²) in [6, 6.07) is 0. The zero-order chi connectivity index (χ0) is 17.9. The Labute approximate surface area is 143 Å². The molecule has 0 aliphatic heterocycles. The molecule has 0 heterocycles. The maximum absolute atomic E-state index is 12.7. The Kier molecular flexibility index (Phi) is 5.62. The number of esters is 2. The summed E-state index contributed by atoms with van der Waals surface area (Å²) in [5, 5.41) is 0. The van der Waals surface area contributed by atoms with Crippen molar-refractivity contribution in [3.63, 3.8) is 0 Å². The van der Waals surface area contributed by atoms with Crippen LogP contribution < -0.4 is 0 Å². The molecule has 24 heavy (non-hydrogen) atoms. The highest BCUT2D eigenvalue weighted by molar-refractivity contribution is 5.96. The van der Waals surface area contributed by atoms with Crippen LogP contribution >= 0.6 is 0 Å². The number of hydrogen-bond acceptors (Lipinski definition) is 5. The number of fused-ring (bicyclic) bond motifs is 1. The molecule has 0 spiro atoms. The number of carbonyl (C=O) groups is 3. The predicted octanol–water partition coefficient (Wildman–Crippen LogP) is 2.99. The second kappa shape index (κ2) is 7.32. The monoisotopic (exact) mass is 334 g/mol. The lowest BCUT2D eigenvalue weighted by Gasteiger charge is -2.53. The Morgan fingerprint density at radius 3 is 2.58 bits per heavy atom. The fraction of sp³-hybridized carbons (Fsp3) is 0.632. The zero-order valence-corrected chi connectivity index (χ0v) is 14.7. The molecule has 3 atom stereocenters. The van der Waals surface area contributed by atoms with Gasteiger partial charge in [-0.05, 0) is 31.1 Å². The van der Waals surface area contributed by atoms with Gasteiger partial charge in [0.15, 0.2) is 5.78 Å². The summed E-state index contributed by atoms with van der Waals surface area (Å²) >= 11 is 0. The largest absolute Gasteiger partial charge is 0.465 e. The Hall–Kier alpha value is -1.91. The van der Waals surface area contributed by atoms with E-state index in [1.54, 1.807) is 0 Å². The van der Waals surface area contributed by atoms with Crippen LogP contribution in [0.5, 0.6) is 0 Å². The molecule has 2 aliphatic carbocycles. The standard InChI is InChI=1S/C19H26O5/c1-12-6-5-7-15(10-23-13(2)20)18(22)8-17-16(12)9-19(17,4)11-24-14(3)21/h7,16-17H,1,5-6,8-11H2,2-4H3/b15-7-/t16-,17?,19-/m1/s1. The molecule has 1 unspecified atom stereocenters. The lowest BCUT2D eigenvalue weighted by molar-refractivity contribution is -0.153. The topological polar surface area (TPSA) is 69.7 Å². The minimum atomic E-state index is -0.394. The number of ketones is 1. The van der Waals surface area contributed by atoms with E-state index < -0.39 is 5.97 Å². The summed E-state index contributed by atoms with van der Waals surface area (Å²) in [4.78, 5) is 34.8. The molecule has 0 aromatic heterocycles. The second-order valence-electron chi connectivity index (χ2n) is 7.19. The maximum Gasteiger partial charge on any atom is 0.302 e. The van der Waals surface area contributed by atoms with E-state index in [9.17, 15) is 14.4 Å². The van der Waals surface area contributed by atoms with Crippen molar-refractivity contribution < 1.29 is 23.9 Å². The van der Waals surface area contributed by atoms with Crippen LogP contribution in [-0.4, -0.2) is 30.9 Å². The van der Waals surface area contributed by atoms with Gasteiger partial charge in [-0.2, -0.15) is 0 Å². The van der Waals surface area contributed by atoms with Gasteiger partial charge in [0, 0.05) is 31.3 Å². The van der Waals surface area contributed by atoms with Gasteiger partial charge < -0.3 is 9.47 Å².